The molecule has 16 heterocycles. The molecule has 16 rings (SSSR count). The van der Waals surface area contributed by atoms with E-state index in [0.29, 0.717) is 0 Å². The fourth-order valence-electron chi connectivity index (χ4n) is 9.49. The molecule has 0 aliphatic carbocycles. The van der Waals surface area contributed by atoms with Crippen LogP contribution in [0.25, 0.3) is 10.4 Å². The Kier molecular flexibility index (Phi) is 20.5. The van der Waals surface area contributed by atoms with E-state index >= 15 is 0 Å². The van der Waals surface area contributed by atoms with Gasteiger partial charge in [0.2, 0.25) is 0 Å². The molecule has 30 atom stereocenters. The summed E-state index contributed by atoms with van der Waals surface area (Å²) in [5, 5.41) is 191. The molecule has 16 fully saturated rings. The fourth-order valence-corrected chi connectivity index (χ4v) is 9.49. The zero-order valence-electron chi connectivity index (χ0n) is 37.9. The van der Waals surface area contributed by atoms with E-state index in [2.05, 4.69) is 10.0 Å². The van der Waals surface area contributed by atoms with Crippen molar-refractivity contribution >= 4 is 0 Å². The fraction of sp³-hybridized carbons (Fsp3) is 1.00. The second-order valence-electron chi connectivity index (χ2n) is 18.0. The van der Waals surface area contributed by atoms with Gasteiger partial charge >= 0.3 is 0 Å². The summed E-state index contributed by atoms with van der Waals surface area (Å²) in [6.07, 6.45) is -57.9. The third-order valence-corrected chi connectivity index (χ3v) is 13.4. The van der Waals surface area contributed by atoms with E-state index in [9.17, 15) is 86.8 Å². The molecule has 0 aromatic carbocycles. The molecule has 0 amide bonds. The minimum Gasteiger partial charge on any atom is -0.394 e. The van der Waals surface area contributed by atoms with Crippen LogP contribution in [0.15, 0.2) is 5.11 Å². The molecular formula is C39H65N3O30. The maximum Gasteiger partial charge on any atom is 0.187 e. The molecule has 17 N–H and O–H groups in total. The van der Waals surface area contributed by atoms with Gasteiger partial charge in [0, 0.05) is 18.1 Å². The Morgan fingerprint density at radius 3 is 0.819 bits per heavy atom. The molecule has 16 aliphatic heterocycles. The second-order valence-corrected chi connectivity index (χ2v) is 18.0. The Morgan fingerprint density at radius 2 is 0.569 bits per heavy atom. The van der Waals surface area contributed by atoms with Crippen LogP contribution < -0.4 is 0 Å². The Hall–Kier alpha value is -1.89. The number of rotatable bonds is 11. The first-order valence-corrected chi connectivity index (χ1v) is 23.1. The molecule has 16 saturated heterocycles. The normalized spacial score (nSPS) is 51.6. The van der Waals surface area contributed by atoms with Crippen molar-refractivity contribution in [2.45, 2.75) is 191 Å². The summed E-state index contributed by atoms with van der Waals surface area (Å²) in [6.45, 7) is -6.40. The molecule has 72 heavy (non-hydrogen) atoms. The number of azide groups is 1. The summed E-state index contributed by atoms with van der Waals surface area (Å²) in [5.41, 5.74) is 8.74. The minimum absolute atomic E-state index is 0.0391. The summed E-state index contributed by atoms with van der Waals surface area (Å²) in [7, 11) is 0. The zero-order valence-corrected chi connectivity index (χ0v) is 37.9. The van der Waals surface area contributed by atoms with Crippen LogP contribution in [0.3, 0.4) is 0 Å². The van der Waals surface area contributed by atoms with E-state index in [0.717, 1.165) is 0 Å². The lowest BCUT2D eigenvalue weighted by Crippen LogP contribution is -2.69. The Balaban J connectivity index is 1.21. The predicted molar refractivity (Wildman–Crippen MR) is 218 cm³/mol. The van der Waals surface area contributed by atoms with Crippen LogP contribution in [0, 0.1) is 0 Å². The average molecular weight is 1060 g/mol. The maximum absolute atomic E-state index is 11.9. The largest absolute Gasteiger partial charge is 0.394 e. The average Bonchev–Trinajstić information content (AvgIpc) is 3.37. The lowest BCUT2D eigenvalue weighted by atomic mass is 9.94. The highest BCUT2D eigenvalue weighted by molar-refractivity contribution is 5.01. The van der Waals surface area contributed by atoms with Gasteiger partial charge in [-0.05, 0) is 12.0 Å². The van der Waals surface area contributed by atoms with Gasteiger partial charge in [-0.2, -0.15) is 0 Å². The molecule has 33 nitrogen and oxygen atoms in total. The summed E-state index contributed by atoms with van der Waals surface area (Å²) in [5.74, 6) is 0. The molecule has 33 heteroatoms. The van der Waals surface area contributed by atoms with Gasteiger partial charge in [0.05, 0.1) is 39.6 Å². The van der Waals surface area contributed by atoms with Crippen LogP contribution in [-0.2, 0) is 61.6 Å². The van der Waals surface area contributed by atoms with E-state index < -0.39 is 224 Å². The quantitative estimate of drug-likeness (QED) is 0.0395. The summed E-state index contributed by atoms with van der Waals surface area (Å²) in [4.78, 5) is 2.65. The first-order chi connectivity index (χ1) is 34.5. The number of nitrogens with zero attached hydrogens (tertiary/aromatic N) is 3. The first-order valence-electron chi connectivity index (χ1n) is 23.1. The van der Waals surface area contributed by atoms with Gasteiger partial charge < -0.3 is 148 Å². The van der Waals surface area contributed by atoms with E-state index in [1.54, 1.807) is 0 Å². The Morgan fingerprint density at radius 1 is 0.333 bits per heavy atom. The van der Waals surface area contributed by atoms with Crippen molar-refractivity contribution < 1.29 is 148 Å². The zero-order chi connectivity index (χ0) is 52.3. The van der Waals surface area contributed by atoms with E-state index in [1.807, 2.05) is 0 Å². The van der Waals surface area contributed by atoms with Crippen molar-refractivity contribution in [1.29, 1.82) is 0 Å². The van der Waals surface area contributed by atoms with Gasteiger partial charge in [-0.1, -0.05) is 5.11 Å². The molecule has 0 saturated carbocycles. The van der Waals surface area contributed by atoms with Crippen molar-refractivity contribution in [1.82, 2.24) is 0 Å². The molecule has 0 aromatic heterocycles. The van der Waals surface area contributed by atoms with Gasteiger partial charge in [-0.15, -0.1) is 0 Å². The van der Waals surface area contributed by atoms with Crippen LogP contribution in [0.1, 0.15) is 6.42 Å². The van der Waals surface area contributed by atoms with Crippen LogP contribution in [0.2, 0.25) is 0 Å². The van der Waals surface area contributed by atoms with E-state index in [1.165, 1.54) is 0 Å². The SMILES string of the molecule is [N-]=[N+]=NCCCO[C@H]1[C@H]2O[C@H]3[C@H](O)[C@@H](O)[C@@H](O[C@H]4[C@H](O)[C@@H](O)[C@@H](O[C@H]5[C@H](O)[C@@H](O)[C@@H](O[C@H]6[C@H](O)[C@@H](O)[C@@H](O[C@H]7[C@H](O)[C@@H](O)[C@@H](O[C@@H]([C@@H]1O)[C@@H](CO)O2)O[C@@H]7CO)O[C@@H]6CO)O[C@@H]5CO)O[C@@H]4CO)O[C@@H]3CO. The van der Waals surface area contributed by atoms with E-state index in [4.69, 9.17) is 67.1 Å². The molecule has 0 aromatic rings. The van der Waals surface area contributed by atoms with Gasteiger partial charge in [-0.25, -0.2) is 0 Å². The molecule has 0 radical (unpaired) electrons. The summed E-state index contributed by atoms with van der Waals surface area (Å²) in [6, 6.07) is 0. The molecule has 0 spiro atoms. The number of hydrogen-bond donors (Lipinski definition) is 17. The van der Waals surface area contributed by atoms with Crippen molar-refractivity contribution in [3.05, 3.63) is 10.4 Å². The van der Waals surface area contributed by atoms with Crippen LogP contribution in [0.4, 0.5) is 0 Å². The highest BCUT2D eigenvalue weighted by atomic mass is 16.8. The highest BCUT2D eigenvalue weighted by Crippen LogP contribution is 2.38. The van der Waals surface area contributed by atoms with Gasteiger partial charge in [-0.3, -0.25) is 0 Å². The summed E-state index contributed by atoms with van der Waals surface area (Å²) < 4.78 is 75.1. The Bertz CT molecular complexity index is 1720. The number of ether oxygens (including phenoxy) is 13. The lowest BCUT2D eigenvalue weighted by Gasteiger charge is -2.51. The standard InChI is InChI=1S/C39H65N3O30/c40-42-41-2-1-3-60-33-26(59)32-15(9-48)66-39(33)72-31-14(8-47)65-37(25(58)20(31)53)70-29-12(6-45)63-35(23(56)18(29)51)68-27-10(4-43)61-34(21(54)16(27)49)67-28-11(5-44)62-36(22(55)17(28)50)69-30-13(7-46)64-38(71-32)24(57)19(30)52/h10-39,43-59H,1-9H2/t10-,11-,12-,13-,14-,15-,16-,17-,18-,19-,20-,21-,22-,23-,24-,25-,26+,27-,28-,29-,30-,31-,32-,33-,34-,35-,36-,37-,38-,39-/m1/s1. The molecule has 416 valence electrons. The van der Waals surface area contributed by atoms with Crippen molar-refractivity contribution in [2.75, 3.05) is 52.8 Å². The number of aliphatic hydroxyl groups is 17. The van der Waals surface area contributed by atoms with Crippen LogP contribution in [0.5, 0.6) is 0 Å². The smallest absolute Gasteiger partial charge is 0.187 e. The third-order valence-electron chi connectivity index (χ3n) is 13.4. The van der Waals surface area contributed by atoms with Crippen molar-refractivity contribution in [2.24, 2.45) is 5.11 Å². The monoisotopic (exact) mass is 1060 g/mol. The third kappa shape index (κ3) is 11.8. The topological polar surface area (TPSA) is 513 Å². The predicted octanol–water partition coefficient (Wildman–Crippen LogP) is -11.3. The minimum atomic E-state index is -2.16. The highest BCUT2D eigenvalue weighted by Gasteiger charge is 2.59. The molecule has 12 bridgehead atoms. The van der Waals surface area contributed by atoms with E-state index in [-0.39, 0.29) is 19.6 Å². The first kappa shape index (κ1) is 57.8. The maximum atomic E-state index is 11.9. The molecule has 16 aliphatic rings. The summed E-state index contributed by atoms with van der Waals surface area (Å²) >= 11 is 0. The molecule has 0 unspecified atom stereocenters. The van der Waals surface area contributed by atoms with Crippen LogP contribution >= 0.6 is 0 Å². The van der Waals surface area contributed by atoms with Gasteiger partial charge in [0.15, 0.2) is 37.7 Å². The van der Waals surface area contributed by atoms with Crippen LogP contribution in [-0.4, -0.2) is 324 Å². The molecular weight excluding hydrogens is 990 g/mol. The number of aliphatic hydroxyl groups excluding tert-OH is 17. The Labute approximate surface area is 407 Å². The number of hydrogen-bond acceptors (Lipinski definition) is 31. The van der Waals surface area contributed by atoms with Gasteiger partial charge in [0.1, 0.15) is 146 Å². The van der Waals surface area contributed by atoms with Gasteiger partial charge in [0.25, 0.3) is 0 Å². The lowest BCUT2D eigenvalue weighted by molar-refractivity contribution is -0.405. The second kappa shape index (κ2) is 25.5. The van der Waals surface area contributed by atoms with Crippen molar-refractivity contribution in [3.8, 4) is 0 Å². The van der Waals surface area contributed by atoms with Crippen molar-refractivity contribution in [3.63, 3.8) is 0 Å².